The third-order valence-electron chi connectivity index (χ3n) is 2.11. The molecule has 0 aliphatic heterocycles. The van der Waals surface area contributed by atoms with Crippen LogP contribution in [0.3, 0.4) is 0 Å². The van der Waals surface area contributed by atoms with E-state index >= 15 is 0 Å². The number of hydrogen-bond donors (Lipinski definition) is 0. The standard InChI is InChI=1S/C10H21BrO/c1-4-6-10(7-11)8-12-9(3)5-2/h9-10H,4-8H2,1-3H3. The minimum atomic E-state index is 0.420. The molecule has 0 saturated carbocycles. The number of alkyl halides is 1. The maximum atomic E-state index is 5.67. The summed E-state index contributed by atoms with van der Waals surface area (Å²) in [7, 11) is 0. The molecular formula is C10H21BrO. The van der Waals surface area contributed by atoms with Gasteiger partial charge in [0.15, 0.2) is 0 Å². The van der Waals surface area contributed by atoms with Crippen LogP contribution in [0.4, 0.5) is 0 Å². The zero-order valence-electron chi connectivity index (χ0n) is 8.48. The van der Waals surface area contributed by atoms with Crippen LogP contribution < -0.4 is 0 Å². The molecule has 2 unspecified atom stereocenters. The monoisotopic (exact) mass is 236 g/mol. The molecule has 0 saturated heterocycles. The molecule has 0 spiro atoms. The van der Waals surface area contributed by atoms with E-state index in [1.54, 1.807) is 0 Å². The number of ether oxygens (including phenoxy) is 1. The summed E-state index contributed by atoms with van der Waals surface area (Å²) in [4.78, 5) is 0. The molecule has 0 fully saturated rings. The van der Waals surface area contributed by atoms with Crippen molar-refractivity contribution in [1.29, 1.82) is 0 Å². The lowest BCUT2D eigenvalue weighted by Crippen LogP contribution is -2.16. The van der Waals surface area contributed by atoms with Crippen LogP contribution in [0.1, 0.15) is 40.0 Å². The second-order valence-corrected chi connectivity index (χ2v) is 4.01. The van der Waals surface area contributed by atoms with Gasteiger partial charge in [-0.2, -0.15) is 0 Å². The molecule has 0 aromatic rings. The summed E-state index contributed by atoms with van der Waals surface area (Å²) in [5.41, 5.74) is 0. The van der Waals surface area contributed by atoms with E-state index in [-0.39, 0.29) is 0 Å². The lowest BCUT2D eigenvalue weighted by atomic mass is 10.1. The molecular weight excluding hydrogens is 216 g/mol. The maximum absolute atomic E-state index is 5.67. The highest BCUT2D eigenvalue weighted by molar-refractivity contribution is 9.09. The van der Waals surface area contributed by atoms with E-state index in [1.807, 2.05) is 0 Å². The molecule has 0 aromatic heterocycles. The Kier molecular flexibility index (Phi) is 8.35. The fourth-order valence-corrected chi connectivity index (χ4v) is 1.54. The summed E-state index contributed by atoms with van der Waals surface area (Å²) in [6, 6.07) is 0. The minimum Gasteiger partial charge on any atom is -0.378 e. The summed E-state index contributed by atoms with van der Waals surface area (Å²) in [6.45, 7) is 7.43. The van der Waals surface area contributed by atoms with Crippen molar-refractivity contribution in [3.63, 3.8) is 0 Å². The second kappa shape index (κ2) is 8.06. The smallest absolute Gasteiger partial charge is 0.0544 e. The highest BCUT2D eigenvalue weighted by Crippen LogP contribution is 2.11. The van der Waals surface area contributed by atoms with Crippen molar-refractivity contribution in [3.05, 3.63) is 0 Å². The molecule has 0 aromatic carbocycles. The van der Waals surface area contributed by atoms with Crippen molar-refractivity contribution >= 4 is 15.9 Å². The van der Waals surface area contributed by atoms with Gasteiger partial charge in [-0.05, 0) is 25.7 Å². The average Bonchev–Trinajstić information content (AvgIpc) is 2.11. The molecule has 12 heavy (non-hydrogen) atoms. The normalized spacial score (nSPS) is 16.0. The minimum absolute atomic E-state index is 0.420. The van der Waals surface area contributed by atoms with Crippen molar-refractivity contribution < 1.29 is 4.74 Å². The van der Waals surface area contributed by atoms with Crippen LogP contribution in [0, 0.1) is 5.92 Å². The average molecular weight is 237 g/mol. The first-order chi connectivity index (χ1) is 5.74. The van der Waals surface area contributed by atoms with Gasteiger partial charge in [-0.1, -0.05) is 36.2 Å². The van der Waals surface area contributed by atoms with Crippen LogP contribution in [-0.4, -0.2) is 18.0 Å². The van der Waals surface area contributed by atoms with E-state index in [0.29, 0.717) is 12.0 Å². The van der Waals surface area contributed by atoms with Gasteiger partial charge in [-0.15, -0.1) is 0 Å². The molecule has 74 valence electrons. The molecule has 1 nitrogen and oxygen atoms in total. The zero-order valence-corrected chi connectivity index (χ0v) is 10.1. The van der Waals surface area contributed by atoms with Gasteiger partial charge in [-0.25, -0.2) is 0 Å². The number of hydrogen-bond acceptors (Lipinski definition) is 1. The zero-order chi connectivity index (χ0) is 9.40. The van der Waals surface area contributed by atoms with Gasteiger partial charge in [0, 0.05) is 5.33 Å². The highest BCUT2D eigenvalue weighted by atomic mass is 79.9. The summed E-state index contributed by atoms with van der Waals surface area (Å²) in [5.74, 6) is 0.698. The van der Waals surface area contributed by atoms with Gasteiger partial charge < -0.3 is 4.74 Å². The van der Waals surface area contributed by atoms with Gasteiger partial charge >= 0.3 is 0 Å². The SMILES string of the molecule is CCCC(CBr)COC(C)CC. The van der Waals surface area contributed by atoms with E-state index in [1.165, 1.54) is 12.8 Å². The van der Waals surface area contributed by atoms with Crippen LogP contribution in [0.15, 0.2) is 0 Å². The van der Waals surface area contributed by atoms with E-state index < -0.39 is 0 Å². The van der Waals surface area contributed by atoms with Crippen LogP contribution in [0.2, 0.25) is 0 Å². The first kappa shape index (κ1) is 12.4. The van der Waals surface area contributed by atoms with Crippen molar-refractivity contribution in [2.45, 2.75) is 46.1 Å². The van der Waals surface area contributed by atoms with Crippen LogP contribution in [0.25, 0.3) is 0 Å². The number of rotatable bonds is 7. The second-order valence-electron chi connectivity index (χ2n) is 3.36. The first-order valence-corrected chi connectivity index (χ1v) is 6.04. The third-order valence-corrected chi connectivity index (χ3v) is 3.02. The van der Waals surface area contributed by atoms with Crippen molar-refractivity contribution in [2.24, 2.45) is 5.92 Å². The summed E-state index contributed by atoms with van der Waals surface area (Å²) in [6.07, 6.45) is 4.05. The molecule has 0 heterocycles. The molecule has 0 rings (SSSR count). The van der Waals surface area contributed by atoms with E-state index in [9.17, 15) is 0 Å². The Labute approximate surface area is 85.0 Å². The molecule has 0 N–H and O–H groups in total. The number of halogens is 1. The van der Waals surface area contributed by atoms with E-state index in [2.05, 4.69) is 36.7 Å². The predicted octanol–water partition coefficient (Wildman–Crippen LogP) is 3.61. The fourth-order valence-electron chi connectivity index (χ4n) is 1.03. The lowest BCUT2D eigenvalue weighted by Gasteiger charge is -2.16. The Hall–Kier alpha value is 0.440. The summed E-state index contributed by atoms with van der Waals surface area (Å²) in [5, 5.41) is 1.07. The van der Waals surface area contributed by atoms with Gasteiger partial charge in [0.1, 0.15) is 0 Å². The Balaban J connectivity index is 3.43. The largest absolute Gasteiger partial charge is 0.378 e. The molecule has 0 radical (unpaired) electrons. The van der Waals surface area contributed by atoms with Crippen molar-refractivity contribution in [2.75, 3.05) is 11.9 Å². The van der Waals surface area contributed by atoms with Gasteiger partial charge in [0.25, 0.3) is 0 Å². The van der Waals surface area contributed by atoms with Gasteiger partial charge in [0.2, 0.25) is 0 Å². The highest BCUT2D eigenvalue weighted by Gasteiger charge is 2.07. The first-order valence-electron chi connectivity index (χ1n) is 4.92. The maximum Gasteiger partial charge on any atom is 0.0544 e. The fraction of sp³-hybridized carbons (Fsp3) is 1.00. The topological polar surface area (TPSA) is 9.23 Å². The van der Waals surface area contributed by atoms with Crippen molar-refractivity contribution in [3.8, 4) is 0 Å². The van der Waals surface area contributed by atoms with Gasteiger partial charge in [0.05, 0.1) is 12.7 Å². The molecule has 0 amide bonds. The Morgan fingerprint density at radius 3 is 2.42 bits per heavy atom. The molecule has 0 aliphatic rings. The van der Waals surface area contributed by atoms with E-state index in [0.717, 1.165) is 18.4 Å². The van der Waals surface area contributed by atoms with Crippen LogP contribution in [-0.2, 0) is 4.74 Å². The molecule has 2 atom stereocenters. The molecule has 2 heteroatoms. The van der Waals surface area contributed by atoms with Crippen LogP contribution in [0.5, 0.6) is 0 Å². The van der Waals surface area contributed by atoms with E-state index in [4.69, 9.17) is 4.74 Å². The predicted molar refractivity (Wildman–Crippen MR) is 57.9 cm³/mol. The molecule has 0 aliphatic carbocycles. The van der Waals surface area contributed by atoms with Gasteiger partial charge in [-0.3, -0.25) is 0 Å². The quantitative estimate of drug-likeness (QED) is 0.614. The van der Waals surface area contributed by atoms with Crippen molar-refractivity contribution in [1.82, 2.24) is 0 Å². The molecule has 0 bridgehead atoms. The lowest BCUT2D eigenvalue weighted by molar-refractivity contribution is 0.0412. The Morgan fingerprint density at radius 2 is 2.00 bits per heavy atom. The summed E-state index contributed by atoms with van der Waals surface area (Å²) >= 11 is 3.51. The third kappa shape index (κ3) is 6.01. The Bertz CT molecular complexity index is 95.8. The summed E-state index contributed by atoms with van der Waals surface area (Å²) < 4.78 is 5.67. The van der Waals surface area contributed by atoms with Crippen LogP contribution >= 0.6 is 15.9 Å². The Morgan fingerprint density at radius 1 is 1.33 bits per heavy atom.